The molecule has 1 N–H and O–H groups in total. The number of nitrogens with zero attached hydrogens (tertiary/aromatic N) is 2. The van der Waals surface area contributed by atoms with Gasteiger partial charge in [-0.15, -0.1) is 0 Å². The molecule has 0 bridgehead atoms. The molecule has 0 saturated heterocycles. The van der Waals surface area contributed by atoms with E-state index in [-0.39, 0.29) is 5.75 Å². The minimum Gasteiger partial charge on any atom is -0.354 e. The zero-order valence-corrected chi connectivity index (χ0v) is 15.7. The molecule has 7 heteroatoms. The Balaban J connectivity index is 1.62. The predicted molar refractivity (Wildman–Crippen MR) is 104 cm³/mol. The van der Waals surface area contributed by atoms with Crippen molar-refractivity contribution < 1.29 is 13.0 Å². The van der Waals surface area contributed by atoms with Gasteiger partial charge in [0.2, 0.25) is 0 Å². The van der Waals surface area contributed by atoms with Gasteiger partial charge in [0.1, 0.15) is 0 Å². The zero-order chi connectivity index (χ0) is 17.9. The van der Waals surface area contributed by atoms with Crippen molar-refractivity contribution >= 4 is 43.5 Å². The van der Waals surface area contributed by atoms with E-state index in [9.17, 15) is 8.42 Å². The second-order valence-electron chi connectivity index (χ2n) is 5.72. The monoisotopic (exact) mass is 420 g/mol. The summed E-state index contributed by atoms with van der Waals surface area (Å²) in [6.07, 6.45) is 14.0. The lowest BCUT2D eigenvalue weighted by Crippen LogP contribution is -2.16. The summed E-state index contributed by atoms with van der Waals surface area (Å²) in [7, 11) is -3.89. The molecule has 1 aromatic carbocycles. The predicted octanol–water partition coefficient (Wildman–Crippen LogP) is 4.10. The van der Waals surface area contributed by atoms with Gasteiger partial charge < -0.3 is 4.90 Å². The molecule has 0 radical (unpaired) electrons. The van der Waals surface area contributed by atoms with E-state index in [1.807, 2.05) is 60.0 Å². The van der Waals surface area contributed by atoms with Crippen LogP contribution in [0.2, 0.25) is 0 Å². The Morgan fingerprint density at radius 2 is 1.96 bits per heavy atom. The molecule has 2 aliphatic heterocycles. The topological polar surface area (TPSA) is 70.0 Å². The van der Waals surface area contributed by atoms with Gasteiger partial charge in [0, 0.05) is 40.8 Å². The first-order valence-electron chi connectivity index (χ1n) is 7.74. The van der Waals surface area contributed by atoms with E-state index < -0.39 is 10.1 Å². The van der Waals surface area contributed by atoms with Gasteiger partial charge in [0.15, 0.2) is 0 Å². The molecule has 0 amide bonds. The summed E-state index contributed by atoms with van der Waals surface area (Å²) in [4.78, 5) is 6.28. The van der Waals surface area contributed by atoms with Gasteiger partial charge in [0.05, 0.1) is 11.4 Å². The fourth-order valence-corrected chi connectivity index (χ4v) is 3.39. The fourth-order valence-electron chi connectivity index (χ4n) is 2.54. The molecule has 0 saturated carbocycles. The average molecular weight is 421 g/mol. The van der Waals surface area contributed by atoms with E-state index in [0.29, 0.717) is 13.0 Å². The molecular formula is C18H17BrN2O3S. The molecule has 2 aliphatic rings. The van der Waals surface area contributed by atoms with E-state index in [1.54, 1.807) is 0 Å². The van der Waals surface area contributed by atoms with E-state index in [0.717, 1.165) is 26.9 Å². The van der Waals surface area contributed by atoms with Gasteiger partial charge in [-0.2, -0.15) is 8.42 Å². The van der Waals surface area contributed by atoms with Crippen LogP contribution >= 0.6 is 15.9 Å². The molecule has 2 heterocycles. The highest BCUT2D eigenvalue weighted by atomic mass is 79.9. The molecule has 0 aromatic heterocycles. The van der Waals surface area contributed by atoms with Gasteiger partial charge in [-0.3, -0.25) is 9.55 Å². The van der Waals surface area contributed by atoms with Crippen molar-refractivity contribution in [3.63, 3.8) is 0 Å². The standard InChI is InChI=1S/C18H17BrN2O3S/c19-16-4-5-18-17(12-16)15(13-20-18)3-2-14-6-9-21(10-7-14)8-1-11-25(22,23)24/h2-7,9-10,12-13H,1,8,11H2,(H,22,23,24)/b15-3+. The third-order valence-corrected chi connectivity index (χ3v) is 5.10. The SMILES string of the molecule is O=S(=O)(O)CCCN1C=CC(=C/C=C2\C=Nc3ccc(Br)cc32)C=C1. The van der Waals surface area contributed by atoms with Crippen LogP contribution in [-0.2, 0) is 10.1 Å². The lowest BCUT2D eigenvalue weighted by Gasteiger charge is -2.18. The van der Waals surface area contributed by atoms with Crippen molar-refractivity contribution in [2.75, 3.05) is 12.3 Å². The average Bonchev–Trinajstić information content (AvgIpc) is 2.95. The highest BCUT2D eigenvalue weighted by Crippen LogP contribution is 2.33. The summed E-state index contributed by atoms with van der Waals surface area (Å²) >= 11 is 3.48. The van der Waals surface area contributed by atoms with Crippen molar-refractivity contribution in [3.05, 3.63) is 70.5 Å². The van der Waals surface area contributed by atoms with Crippen molar-refractivity contribution in [1.82, 2.24) is 4.90 Å². The molecule has 0 spiro atoms. The van der Waals surface area contributed by atoms with E-state index >= 15 is 0 Å². The molecule has 0 atom stereocenters. The van der Waals surface area contributed by atoms with Gasteiger partial charge in [0.25, 0.3) is 10.1 Å². The molecule has 0 aliphatic carbocycles. The maximum absolute atomic E-state index is 10.7. The van der Waals surface area contributed by atoms with Gasteiger partial charge in [-0.1, -0.05) is 28.1 Å². The van der Waals surface area contributed by atoms with Gasteiger partial charge in [-0.05, 0) is 42.3 Å². The largest absolute Gasteiger partial charge is 0.354 e. The van der Waals surface area contributed by atoms with Crippen molar-refractivity contribution in [2.24, 2.45) is 4.99 Å². The third kappa shape index (κ3) is 5.01. The maximum atomic E-state index is 10.7. The van der Waals surface area contributed by atoms with Crippen molar-refractivity contribution in [1.29, 1.82) is 0 Å². The second-order valence-corrected chi connectivity index (χ2v) is 8.20. The summed E-state index contributed by atoms with van der Waals surface area (Å²) in [6, 6.07) is 6.01. The maximum Gasteiger partial charge on any atom is 0.264 e. The van der Waals surface area contributed by atoms with Gasteiger partial charge in [-0.25, -0.2) is 0 Å². The third-order valence-electron chi connectivity index (χ3n) is 3.80. The van der Waals surface area contributed by atoms with E-state index in [4.69, 9.17) is 4.55 Å². The first-order chi connectivity index (χ1) is 11.9. The quantitative estimate of drug-likeness (QED) is 0.727. The molecule has 25 heavy (non-hydrogen) atoms. The van der Waals surface area contributed by atoms with E-state index in [2.05, 4.69) is 27.0 Å². The molecular weight excluding hydrogens is 404 g/mol. The summed E-state index contributed by atoms with van der Waals surface area (Å²) in [5.41, 5.74) is 4.16. The van der Waals surface area contributed by atoms with Crippen LogP contribution in [0.15, 0.2) is 69.9 Å². The van der Waals surface area contributed by atoms with Crippen LogP contribution in [0.1, 0.15) is 12.0 Å². The van der Waals surface area contributed by atoms with E-state index in [1.165, 1.54) is 0 Å². The molecule has 1 aromatic rings. The Labute approximate surface area is 155 Å². The van der Waals surface area contributed by atoms with Crippen LogP contribution in [0.25, 0.3) is 5.57 Å². The van der Waals surface area contributed by atoms with Gasteiger partial charge >= 0.3 is 0 Å². The lowest BCUT2D eigenvalue weighted by atomic mass is 10.1. The van der Waals surface area contributed by atoms with Crippen molar-refractivity contribution in [3.8, 4) is 0 Å². The van der Waals surface area contributed by atoms with Crippen LogP contribution in [0.3, 0.4) is 0 Å². The molecule has 130 valence electrons. The Hall–Kier alpha value is -1.96. The normalized spacial score (nSPS) is 17.4. The number of halogens is 1. The summed E-state index contributed by atoms with van der Waals surface area (Å²) in [6.45, 7) is 0.537. The van der Waals surface area contributed by atoms with Crippen molar-refractivity contribution in [2.45, 2.75) is 6.42 Å². The Kier molecular flexibility index (Phi) is 5.36. The first kappa shape index (κ1) is 17.8. The van der Waals surface area contributed by atoms with Crippen LogP contribution in [0, 0.1) is 0 Å². The summed E-state index contributed by atoms with van der Waals surface area (Å²) in [5, 5.41) is 0. The smallest absolute Gasteiger partial charge is 0.264 e. The second kappa shape index (κ2) is 7.51. The number of hydrogen-bond acceptors (Lipinski definition) is 4. The first-order valence-corrected chi connectivity index (χ1v) is 10.1. The highest BCUT2D eigenvalue weighted by molar-refractivity contribution is 9.10. The zero-order valence-electron chi connectivity index (χ0n) is 13.3. The number of hydrogen-bond donors (Lipinski definition) is 1. The lowest BCUT2D eigenvalue weighted by molar-refractivity contribution is 0.464. The summed E-state index contributed by atoms with van der Waals surface area (Å²) < 4.78 is 31.2. The Bertz CT molecular complexity index is 912. The molecule has 5 nitrogen and oxygen atoms in total. The highest BCUT2D eigenvalue weighted by Gasteiger charge is 2.11. The number of rotatable bonds is 5. The minimum absolute atomic E-state index is 0.228. The molecule has 0 fully saturated rings. The van der Waals surface area contributed by atoms with Crippen LogP contribution in [-0.4, -0.2) is 36.4 Å². The minimum atomic E-state index is -3.89. The Morgan fingerprint density at radius 3 is 2.68 bits per heavy atom. The van der Waals surface area contributed by atoms with Crippen LogP contribution < -0.4 is 0 Å². The molecule has 3 rings (SSSR count). The number of aliphatic imine (C=N–C) groups is 1. The number of allylic oxidation sites excluding steroid dienone is 6. The number of fused-ring (bicyclic) bond motifs is 1. The summed E-state index contributed by atoms with van der Waals surface area (Å²) in [5.74, 6) is -0.228. The Morgan fingerprint density at radius 1 is 1.20 bits per heavy atom. The molecule has 0 unspecified atom stereocenters. The van der Waals surface area contributed by atoms with Crippen LogP contribution in [0.5, 0.6) is 0 Å². The fraction of sp³-hybridized carbons (Fsp3) is 0.167. The van der Waals surface area contributed by atoms with Crippen LogP contribution in [0.4, 0.5) is 5.69 Å². The number of benzene rings is 1.